The molecule has 2 aromatic carbocycles. The molecule has 2 amide bonds. The summed E-state index contributed by atoms with van der Waals surface area (Å²) < 4.78 is 4.70. The third-order valence-electron chi connectivity index (χ3n) is 3.81. The van der Waals surface area contributed by atoms with Gasteiger partial charge in [0.25, 0.3) is 5.91 Å². The zero-order valence-electron chi connectivity index (χ0n) is 14.6. The van der Waals surface area contributed by atoms with Crippen LogP contribution in [0, 0.1) is 0 Å². The lowest BCUT2D eigenvalue weighted by Gasteiger charge is -2.18. The molecule has 0 fully saturated rings. The summed E-state index contributed by atoms with van der Waals surface area (Å²) in [7, 11) is 1.31. The molecule has 0 unspecified atom stereocenters. The predicted octanol–water partition coefficient (Wildman–Crippen LogP) is 2.23. The molecule has 0 saturated carbocycles. The molecular weight excluding hydrogens is 332 g/mol. The molecule has 0 aliphatic rings. The lowest BCUT2D eigenvalue weighted by molar-refractivity contribution is -0.141. The van der Waals surface area contributed by atoms with E-state index in [1.807, 2.05) is 36.4 Å². The second kappa shape index (κ2) is 9.98. The molecular formula is C20H22N2O4. The van der Waals surface area contributed by atoms with Crippen LogP contribution in [0.1, 0.15) is 34.8 Å². The maximum atomic E-state index is 12.2. The molecule has 0 bridgehead atoms. The number of benzene rings is 2. The molecule has 1 atom stereocenters. The molecule has 0 aliphatic heterocycles. The van der Waals surface area contributed by atoms with Gasteiger partial charge in [0.2, 0.25) is 5.91 Å². The van der Waals surface area contributed by atoms with Crippen molar-refractivity contribution in [3.8, 4) is 0 Å². The van der Waals surface area contributed by atoms with Crippen molar-refractivity contribution < 1.29 is 19.1 Å². The van der Waals surface area contributed by atoms with Crippen molar-refractivity contribution in [1.82, 2.24) is 10.6 Å². The first kappa shape index (κ1) is 19.2. The van der Waals surface area contributed by atoms with Crippen LogP contribution in [-0.4, -0.2) is 31.4 Å². The van der Waals surface area contributed by atoms with Gasteiger partial charge >= 0.3 is 5.97 Å². The van der Waals surface area contributed by atoms with Crippen molar-refractivity contribution in [3.05, 3.63) is 71.8 Å². The summed E-state index contributed by atoms with van der Waals surface area (Å²) in [5, 5.41) is 5.52. The highest BCUT2D eigenvalue weighted by atomic mass is 16.5. The van der Waals surface area contributed by atoms with Crippen LogP contribution in [0.15, 0.2) is 60.7 Å². The van der Waals surface area contributed by atoms with Crippen LogP contribution in [-0.2, 0) is 14.3 Å². The Morgan fingerprint density at radius 1 is 0.962 bits per heavy atom. The van der Waals surface area contributed by atoms with Crippen molar-refractivity contribution in [3.63, 3.8) is 0 Å². The molecule has 6 heteroatoms. The molecule has 0 heterocycles. The van der Waals surface area contributed by atoms with Gasteiger partial charge in [-0.1, -0.05) is 48.5 Å². The number of ether oxygens (including phenoxy) is 1. The van der Waals surface area contributed by atoms with E-state index in [0.717, 1.165) is 5.56 Å². The van der Waals surface area contributed by atoms with E-state index < -0.39 is 12.0 Å². The summed E-state index contributed by atoms with van der Waals surface area (Å²) in [6, 6.07) is 17.5. The summed E-state index contributed by atoms with van der Waals surface area (Å²) in [6.07, 6.45) is 0.158. The van der Waals surface area contributed by atoms with Gasteiger partial charge in [-0.3, -0.25) is 14.4 Å². The van der Waals surface area contributed by atoms with E-state index in [-0.39, 0.29) is 31.2 Å². The fraction of sp³-hybridized carbons (Fsp3) is 0.250. The van der Waals surface area contributed by atoms with Gasteiger partial charge < -0.3 is 15.4 Å². The number of hydrogen-bond acceptors (Lipinski definition) is 4. The Kier molecular flexibility index (Phi) is 7.36. The fourth-order valence-electron chi connectivity index (χ4n) is 2.44. The Labute approximate surface area is 152 Å². The monoisotopic (exact) mass is 354 g/mol. The van der Waals surface area contributed by atoms with E-state index >= 15 is 0 Å². The Hall–Kier alpha value is -3.15. The Bertz CT molecular complexity index is 732. The van der Waals surface area contributed by atoms with Crippen LogP contribution in [0.3, 0.4) is 0 Å². The highest BCUT2D eigenvalue weighted by Gasteiger charge is 2.18. The standard InChI is InChI=1S/C20H22N2O4/c1-26-19(24)14-17(15-8-4-2-5-9-15)22-18(23)12-13-21-20(25)16-10-6-3-7-11-16/h2-11,17H,12-14H2,1H3,(H,21,25)(H,22,23)/t17-/m0/s1. The molecule has 0 saturated heterocycles. The van der Waals surface area contributed by atoms with Gasteiger partial charge in [-0.05, 0) is 17.7 Å². The van der Waals surface area contributed by atoms with Crippen LogP contribution >= 0.6 is 0 Å². The number of hydrogen-bond donors (Lipinski definition) is 2. The van der Waals surface area contributed by atoms with Gasteiger partial charge in [-0.25, -0.2) is 0 Å². The number of carbonyl (C=O) groups is 3. The average molecular weight is 354 g/mol. The number of esters is 1. The predicted molar refractivity (Wildman–Crippen MR) is 97.4 cm³/mol. The van der Waals surface area contributed by atoms with Crippen LogP contribution in [0.2, 0.25) is 0 Å². The minimum atomic E-state index is -0.471. The largest absolute Gasteiger partial charge is 0.469 e. The van der Waals surface area contributed by atoms with Gasteiger partial charge in [0, 0.05) is 18.5 Å². The van der Waals surface area contributed by atoms with Crippen molar-refractivity contribution in [2.24, 2.45) is 0 Å². The molecule has 0 aromatic heterocycles. The van der Waals surface area contributed by atoms with E-state index in [1.54, 1.807) is 24.3 Å². The lowest BCUT2D eigenvalue weighted by atomic mass is 10.0. The quantitative estimate of drug-likeness (QED) is 0.712. The summed E-state index contributed by atoms with van der Waals surface area (Å²) >= 11 is 0. The lowest BCUT2D eigenvalue weighted by Crippen LogP contribution is -2.34. The number of methoxy groups -OCH3 is 1. The van der Waals surface area contributed by atoms with Crippen molar-refractivity contribution >= 4 is 17.8 Å². The molecule has 2 aromatic rings. The summed E-state index contributed by atoms with van der Waals surface area (Å²) in [4.78, 5) is 35.8. The molecule has 6 nitrogen and oxygen atoms in total. The van der Waals surface area contributed by atoms with E-state index in [1.165, 1.54) is 7.11 Å². The number of nitrogens with one attached hydrogen (secondary N) is 2. The molecule has 0 aliphatic carbocycles. The molecule has 136 valence electrons. The SMILES string of the molecule is COC(=O)C[C@H](NC(=O)CCNC(=O)c1ccccc1)c1ccccc1. The summed E-state index contributed by atoms with van der Waals surface area (Å²) in [5.74, 6) is -0.889. The summed E-state index contributed by atoms with van der Waals surface area (Å²) in [5.41, 5.74) is 1.36. The molecule has 2 rings (SSSR count). The zero-order valence-corrected chi connectivity index (χ0v) is 14.6. The third-order valence-corrected chi connectivity index (χ3v) is 3.81. The van der Waals surface area contributed by atoms with E-state index in [9.17, 15) is 14.4 Å². The first-order valence-electron chi connectivity index (χ1n) is 8.34. The van der Waals surface area contributed by atoms with Crippen LogP contribution < -0.4 is 10.6 Å². The smallest absolute Gasteiger partial charge is 0.307 e. The molecule has 0 radical (unpaired) electrons. The van der Waals surface area contributed by atoms with Crippen LogP contribution in [0.5, 0.6) is 0 Å². The minimum Gasteiger partial charge on any atom is -0.469 e. The van der Waals surface area contributed by atoms with Gasteiger partial charge in [0.05, 0.1) is 19.6 Å². The second-order valence-electron chi connectivity index (χ2n) is 5.68. The third kappa shape index (κ3) is 6.05. The van der Waals surface area contributed by atoms with Gasteiger partial charge in [0.15, 0.2) is 0 Å². The van der Waals surface area contributed by atoms with Gasteiger partial charge in [-0.15, -0.1) is 0 Å². The minimum absolute atomic E-state index is 0.0443. The highest BCUT2D eigenvalue weighted by molar-refractivity contribution is 5.94. The Morgan fingerprint density at radius 3 is 2.19 bits per heavy atom. The second-order valence-corrected chi connectivity index (χ2v) is 5.68. The highest BCUT2D eigenvalue weighted by Crippen LogP contribution is 2.17. The van der Waals surface area contributed by atoms with E-state index in [4.69, 9.17) is 4.74 Å². The Morgan fingerprint density at radius 2 is 1.58 bits per heavy atom. The molecule has 0 spiro atoms. The fourth-order valence-corrected chi connectivity index (χ4v) is 2.44. The van der Waals surface area contributed by atoms with Crippen molar-refractivity contribution in [1.29, 1.82) is 0 Å². The number of rotatable bonds is 8. The normalized spacial score (nSPS) is 11.3. The van der Waals surface area contributed by atoms with Crippen LogP contribution in [0.25, 0.3) is 0 Å². The van der Waals surface area contributed by atoms with E-state index in [2.05, 4.69) is 10.6 Å². The Balaban J connectivity index is 1.86. The maximum Gasteiger partial charge on any atom is 0.307 e. The first-order valence-corrected chi connectivity index (χ1v) is 8.34. The topological polar surface area (TPSA) is 84.5 Å². The summed E-state index contributed by atoms with van der Waals surface area (Å²) in [6.45, 7) is 0.208. The maximum absolute atomic E-state index is 12.2. The molecule has 2 N–H and O–H groups in total. The van der Waals surface area contributed by atoms with E-state index in [0.29, 0.717) is 5.56 Å². The first-order chi connectivity index (χ1) is 12.6. The van der Waals surface area contributed by atoms with Crippen LogP contribution in [0.4, 0.5) is 0 Å². The number of carbonyl (C=O) groups excluding carboxylic acids is 3. The molecule has 26 heavy (non-hydrogen) atoms. The number of amides is 2. The average Bonchev–Trinajstić information content (AvgIpc) is 2.68. The van der Waals surface area contributed by atoms with Gasteiger partial charge in [0.1, 0.15) is 0 Å². The zero-order chi connectivity index (χ0) is 18.8. The van der Waals surface area contributed by atoms with Crippen molar-refractivity contribution in [2.45, 2.75) is 18.9 Å². The van der Waals surface area contributed by atoms with Gasteiger partial charge in [-0.2, -0.15) is 0 Å². The van der Waals surface area contributed by atoms with Crippen molar-refractivity contribution in [2.75, 3.05) is 13.7 Å².